The van der Waals surface area contributed by atoms with Gasteiger partial charge in [0.2, 0.25) is 0 Å². The zero-order valence-corrected chi connectivity index (χ0v) is 19.2. The maximum Gasteiger partial charge on any atom is 0.280 e. The number of aromatic nitrogens is 5. The number of hydrogen-bond donors (Lipinski definition) is 0. The topological polar surface area (TPSA) is 88.6 Å². The second-order valence-corrected chi connectivity index (χ2v) is 8.45. The molecule has 11 heteroatoms. The Balaban J connectivity index is 1.42. The van der Waals surface area contributed by atoms with E-state index in [1.807, 2.05) is 19.1 Å². The Bertz CT molecular complexity index is 1400. The van der Waals surface area contributed by atoms with Crippen LogP contribution in [0.5, 0.6) is 0 Å². The molecule has 1 aliphatic heterocycles. The summed E-state index contributed by atoms with van der Waals surface area (Å²) in [4.78, 5) is 33.8. The summed E-state index contributed by atoms with van der Waals surface area (Å²) in [5, 5.41) is 8.07. The number of alkyl halides is 2. The highest BCUT2D eigenvalue weighted by Gasteiger charge is 2.29. The SMILES string of the molecule is Cc1ccc(-c2cc(C(F)F)n3ncc(C(=O)N4CCN(C(=O)c5ccnn5C)CC4)c3n2)cc1. The third-order valence-corrected chi connectivity index (χ3v) is 6.19. The molecular weight excluding hydrogens is 456 g/mol. The Labute approximate surface area is 199 Å². The van der Waals surface area contributed by atoms with E-state index in [1.54, 1.807) is 41.2 Å². The van der Waals surface area contributed by atoms with Gasteiger partial charge in [-0.2, -0.15) is 10.2 Å². The van der Waals surface area contributed by atoms with Gasteiger partial charge in [-0.3, -0.25) is 14.3 Å². The van der Waals surface area contributed by atoms with Crippen molar-refractivity contribution in [2.24, 2.45) is 7.05 Å². The van der Waals surface area contributed by atoms with Crippen molar-refractivity contribution in [3.63, 3.8) is 0 Å². The van der Waals surface area contributed by atoms with Crippen LogP contribution in [0.15, 0.2) is 48.8 Å². The number of aryl methyl sites for hydroxylation is 2. The Morgan fingerprint density at radius 3 is 2.20 bits per heavy atom. The molecular formula is C24H23F2N7O2. The van der Waals surface area contributed by atoms with Gasteiger partial charge in [-0.25, -0.2) is 18.3 Å². The van der Waals surface area contributed by atoms with Crippen molar-refractivity contribution >= 4 is 17.5 Å². The Hall–Kier alpha value is -4.15. The highest BCUT2D eigenvalue weighted by molar-refractivity contribution is 6.00. The maximum absolute atomic E-state index is 13.9. The number of fused-ring (bicyclic) bond motifs is 1. The highest BCUT2D eigenvalue weighted by Crippen LogP contribution is 2.27. The number of carbonyl (C=O) groups is 2. The average Bonchev–Trinajstić information content (AvgIpc) is 3.49. The summed E-state index contributed by atoms with van der Waals surface area (Å²) in [6.07, 6.45) is 0.0425. The van der Waals surface area contributed by atoms with Gasteiger partial charge in [0.25, 0.3) is 18.2 Å². The van der Waals surface area contributed by atoms with Crippen molar-refractivity contribution in [3.05, 3.63) is 71.3 Å². The van der Waals surface area contributed by atoms with Crippen molar-refractivity contribution in [1.82, 2.24) is 34.2 Å². The fraction of sp³-hybridized carbons (Fsp3) is 0.292. The number of carbonyl (C=O) groups excluding carboxylic acids is 2. The minimum Gasteiger partial charge on any atom is -0.335 e. The Morgan fingerprint density at radius 2 is 1.60 bits per heavy atom. The lowest BCUT2D eigenvalue weighted by atomic mass is 10.1. The van der Waals surface area contributed by atoms with Crippen molar-refractivity contribution in [2.75, 3.05) is 26.2 Å². The molecule has 1 fully saturated rings. The first kappa shape index (κ1) is 22.6. The van der Waals surface area contributed by atoms with Crippen LogP contribution in [-0.4, -0.2) is 72.2 Å². The standard InChI is InChI=1S/C24H23F2N7O2/c1-15-3-5-16(6-4-15)18-13-20(21(25)26)33-22(29-18)17(14-28-33)23(34)31-9-11-32(12-10-31)24(35)19-7-8-27-30(19)2/h3-8,13-14,21H,9-12H2,1-2H3. The molecule has 180 valence electrons. The molecule has 2 amide bonds. The van der Waals surface area contributed by atoms with Crippen molar-refractivity contribution in [1.29, 1.82) is 0 Å². The minimum absolute atomic E-state index is 0.0803. The predicted octanol–water partition coefficient (Wildman–Crippen LogP) is 2.97. The van der Waals surface area contributed by atoms with Crippen LogP contribution in [0.25, 0.3) is 16.9 Å². The second-order valence-electron chi connectivity index (χ2n) is 8.45. The van der Waals surface area contributed by atoms with Gasteiger partial charge in [-0.15, -0.1) is 0 Å². The zero-order valence-electron chi connectivity index (χ0n) is 19.2. The van der Waals surface area contributed by atoms with E-state index in [-0.39, 0.29) is 28.7 Å². The number of amides is 2. The quantitative estimate of drug-likeness (QED) is 0.449. The third-order valence-electron chi connectivity index (χ3n) is 6.19. The molecule has 3 aromatic heterocycles. The van der Waals surface area contributed by atoms with Gasteiger partial charge in [0, 0.05) is 45.0 Å². The average molecular weight is 479 g/mol. The number of piperazine rings is 1. The molecule has 0 radical (unpaired) electrons. The molecule has 1 aromatic carbocycles. The lowest BCUT2D eigenvalue weighted by molar-refractivity contribution is 0.0530. The molecule has 1 aliphatic rings. The molecule has 0 bridgehead atoms. The molecule has 1 saturated heterocycles. The molecule has 4 aromatic rings. The lowest BCUT2D eigenvalue weighted by Crippen LogP contribution is -2.50. The predicted molar refractivity (Wildman–Crippen MR) is 123 cm³/mol. The molecule has 0 unspecified atom stereocenters. The number of halogens is 2. The van der Waals surface area contributed by atoms with Crippen LogP contribution >= 0.6 is 0 Å². The number of hydrogen-bond acceptors (Lipinski definition) is 5. The van der Waals surface area contributed by atoms with E-state index in [2.05, 4.69) is 15.2 Å². The van der Waals surface area contributed by atoms with Crippen LogP contribution in [0.3, 0.4) is 0 Å². The summed E-state index contributed by atoms with van der Waals surface area (Å²) in [5.74, 6) is -0.513. The molecule has 9 nitrogen and oxygen atoms in total. The molecule has 4 heterocycles. The van der Waals surface area contributed by atoms with E-state index in [9.17, 15) is 18.4 Å². The summed E-state index contributed by atoms with van der Waals surface area (Å²) < 4.78 is 30.3. The van der Waals surface area contributed by atoms with E-state index in [1.165, 1.54) is 16.9 Å². The van der Waals surface area contributed by atoms with Crippen LogP contribution < -0.4 is 0 Å². The molecule has 0 spiro atoms. The number of nitrogens with zero attached hydrogens (tertiary/aromatic N) is 7. The van der Waals surface area contributed by atoms with E-state index in [0.29, 0.717) is 43.1 Å². The molecule has 5 rings (SSSR count). The van der Waals surface area contributed by atoms with Gasteiger partial charge in [-0.05, 0) is 19.1 Å². The third kappa shape index (κ3) is 4.13. The first-order valence-corrected chi connectivity index (χ1v) is 11.1. The van der Waals surface area contributed by atoms with Crippen molar-refractivity contribution < 1.29 is 18.4 Å². The molecule has 0 atom stereocenters. The highest BCUT2D eigenvalue weighted by atomic mass is 19.3. The van der Waals surface area contributed by atoms with Gasteiger partial charge in [-0.1, -0.05) is 29.8 Å². The van der Waals surface area contributed by atoms with E-state index >= 15 is 0 Å². The largest absolute Gasteiger partial charge is 0.335 e. The summed E-state index contributed by atoms with van der Waals surface area (Å²) in [6.45, 7) is 3.24. The molecule has 0 saturated carbocycles. The fourth-order valence-corrected chi connectivity index (χ4v) is 4.19. The lowest BCUT2D eigenvalue weighted by Gasteiger charge is -2.34. The smallest absolute Gasteiger partial charge is 0.280 e. The van der Waals surface area contributed by atoms with Gasteiger partial charge in [0.05, 0.1) is 11.9 Å². The first-order valence-electron chi connectivity index (χ1n) is 11.1. The van der Waals surface area contributed by atoms with E-state index in [4.69, 9.17) is 0 Å². The van der Waals surface area contributed by atoms with Gasteiger partial charge in [0.1, 0.15) is 17.0 Å². The normalized spacial score (nSPS) is 14.2. The van der Waals surface area contributed by atoms with Gasteiger partial charge < -0.3 is 9.80 Å². The van der Waals surface area contributed by atoms with E-state index in [0.717, 1.165) is 10.1 Å². The van der Waals surface area contributed by atoms with Crippen LogP contribution in [-0.2, 0) is 7.05 Å². The number of rotatable bonds is 4. The minimum atomic E-state index is -2.80. The molecule has 0 aliphatic carbocycles. The van der Waals surface area contributed by atoms with Gasteiger partial charge >= 0.3 is 0 Å². The van der Waals surface area contributed by atoms with Crippen LogP contribution in [0.2, 0.25) is 0 Å². The Morgan fingerprint density at radius 1 is 0.943 bits per heavy atom. The summed E-state index contributed by atoms with van der Waals surface area (Å²) in [5.41, 5.74) is 2.40. The van der Waals surface area contributed by atoms with Crippen molar-refractivity contribution in [3.8, 4) is 11.3 Å². The second kappa shape index (κ2) is 8.90. The molecule has 0 N–H and O–H groups in total. The number of benzene rings is 1. The van der Waals surface area contributed by atoms with Crippen molar-refractivity contribution in [2.45, 2.75) is 13.3 Å². The van der Waals surface area contributed by atoms with Crippen LogP contribution in [0, 0.1) is 6.92 Å². The van der Waals surface area contributed by atoms with Crippen LogP contribution in [0.1, 0.15) is 38.5 Å². The first-order chi connectivity index (χ1) is 16.8. The summed E-state index contributed by atoms with van der Waals surface area (Å²) in [6, 6.07) is 10.3. The fourth-order valence-electron chi connectivity index (χ4n) is 4.19. The monoisotopic (exact) mass is 479 g/mol. The summed E-state index contributed by atoms with van der Waals surface area (Å²) in [7, 11) is 1.70. The maximum atomic E-state index is 13.9. The summed E-state index contributed by atoms with van der Waals surface area (Å²) >= 11 is 0. The van der Waals surface area contributed by atoms with E-state index < -0.39 is 6.43 Å². The Kier molecular flexibility index (Phi) is 5.75. The van der Waals surface area contributed by atoms with Gasteiger partial charge in [0.15, 0.2) is 5.65 Å². The molecule has 35 heavy (non-hydrogen) atoms. The van der Waals surface area contributed by atoms with Crippen LogP contribution in [0.4, 0.5) is 8.78 Å². The zero-order chi connectivity index (χ0) is 24.7.